The fourth-order valence-electron chi connectivity index (χ4n) is 8.81. The number of carboxylic acids is 1. The molecule has 0 aromatic heterocycles. The maximum atomic E-state index is 11.0. The van der Waals surface area contributed by atoms with Gasteiger partial charge in [-0.15, -0.1) is 0 Å². The summed E-state index contributed by atoms with van der Waals surface area (Å²) in [5.41, 5.74) is 1.07. The van der Waals surface area contributed by atoms with E-state index >= 15 is 0 Å². The van der Waals surface area contributed by atoms with Crippen molar-refractivity contribution in [1.29, 1.82) is 0 Å². The predicted octanol–water partition coefficient (Wildman–Crippen LogP) is 5.88. The van der Waals surface area contributed by atoms with E-state index in [1.807, 2.05) is 0 Å². The van der Waals surface area contributed by atoms with Crippen LogP contribution in [0.4, 0.5) is 0 Å². The summed E-state index contributed by atoms with van der Waals surface area (Å²) in [6, 6.07) is 0.763. The smallest absolute Gasteiger partial charge is 0.303 e. The molecule has 4 rings (SSSR count). The Morgan fingerprint density at radius 1 is 1.00 bits per heavy atom. The molecule has 0 spiro atoms. The van der Waals surface area contributed by atoms with Crippen LogP contribution in [0, 0.1) is 40.4 Å². The number of fused-ring (bicyclic) bond motifs is 5. The number of aliphatic carboxylic acids is 1. The van der Waals surface area contributed by atoms with Crippen molar-refractivity contribution in [2.45, 2.75) is 104 Å². The first-order valence-electron chi connectivity index (χ1n) is 12.3. The molecule has 0 radical (unpaired) electrons. The number of hydrogen-bond donors (Lipinski definition) is 2. The third kappa shape index (κ3) is 3.44. The average Bonchev–Trinajstić information content (AvgIpc) is 2.99. The van der Waals surface area contributed by atoms with Gasteiger partial charge in [0.25, 0.3) is 0 Å². The Kier molecular flexibility index (Phi) is 5.86. The van der Waals surface area contributed by atoms with Crippen molar-refractivity contribution in [3.05, 3.63) is 0 Å². The summed E-state index contributed by atoms with van der Waals surface area (Å²) >= 11 is 0. The van der Waals surface area contributed by atoms with Gasteiger partial charge in [-0.1, -0.05) is 20.8 Å². The van der Waals surface area contributed by atoms with Crippen LogP contribution in [0.1, 0.15) is 97.8 Å². The van der Waals surface area contributed by atoms with Gasteiger partial charge in [-0.2, -0.15) is 0 Å². The summed E-state index contributed by atoms with van der Waals surface area (Å²) < 4.78 is 0. The Hall–Kier alpha value is -0.570. The van der Waals surface area contributed by atoms with E-state index < -0.39 is 5.97 Å². The normalized spacial score (nSPS) is 47.8. The van der Waals surface area contributed by atoms with Crippen LogP contribution >= 0.6 is 0 Å². The van der Waals surface area contributed by atoms with E-state index in [0.717, 1.165) is 55.0 Å². The van der Waals surface area contributed by atoms with Gasteiger partial charge in [0.1, 0.15) is 0 Å². The average molecular weight is 390 g/mol. The largest absolute Gasteiger partial charge is 0.481 e. The first-order valence-corrected chi connectivity index (χ1v) is 12.3. The van der Waals surface area contributed by atoms with Crippen molar-refractivity contribution in [3.8, 4) is 0 Å². The molecule has 4 fully saturated rings. The second kappa shape index (κ2) is 7.93. The molecule has 4 aliphatic rings. The number of hydrogen-bond acceptors (Lipinski definition) is 2. The molecular weight excluding hydrogens is 346 g/mol. The van der Waals surface area contributed by atoms with E-state index in [0.29, 0.717) is 17.3 Å². The molecule has 0 heterocycles. The lowest BCUT2D eigenvalue weighted by Crippen LogP contribution is -2.55. The molecule has 28 heavy (non-hydrogen) atoms. The lowest BCUT2D eigenvalue weighted by Gasteiger charge is -2.61. The van der Waals surface area contributed by atoms with Crippen LogP contribution in [0.5, 0.6) is 0 Å². The van der Waals surface area contributed by atoms with E-state index in [4.69, 9.17) is 5.11 Å². The van der Waals surface area contributed by atoms with E-state index in [1.54, 1.807) is 0 Å². The topological polar surface area (TPSA) is 49.3 Å². The van der Waals surface area contributed by atoms with E-state index in [-0.39, 0.29) is 0 Å². The standard InChI is InChI=1S/C25H43NO2/c1-4-26-19-12-14-25(3)18(16-19)8-10-20-21-11-9-17(6-5-7-23(27)28)24(21,2)15-13-22(20)25/h17-22,26H,4-16H2,1-3H3,(H,27,28). The molecule has 0 aromatic rings. The Morgan fingerprint density at radius 2 is 1.75 bits per heavy atom. The highest BCUT2D eigenvalue weighted by Crippen LogP contribution is 2.67. The lowest BCUT2D eigenvalue weighted by molar-refractivity contribution is -0.137. The molecule has 0 amide bonds. The molecule has 4 aliphatic carbocycles. The molecule has 2 N–H and O–H groups in total. The molecule has 3 heteroatoms. The van der Waals surface area contributed by atoms with Crippen molar-refractivity contribution in [3.63, 3.8) is 0 Å². The van der Waals surface area contributed by atoms with Crippen LogP contribution in [-0.2, 0) is 4.79 Å². The van der Waals surface area contributed by atoms with Gasteiger partial charge in [-0.25, -0.2) is 0 Å². The summed E-state index contributed by atoms with van der Waals surface area (Å²) in [7, 11) is 0. The minimum Gasteiger partial charge on any atom is -0.481 e. The third-order valence-corrected chi connectivity index (χ3v) is 10.3. The Balaban J connectivity index is 1.45. The second-order valence-electron chi connectivity index (χ2n) is 11.3. The van der Waals surface area contributed by atoms with Gasteiger partial charge < -0.3 is 10.4 Å². The lowest BCUT2D eigenvalue weighted by atomic mass is 9.44. The molecule has 0 aromatic carbocycles. The number of nitrogens with one attached hydrogen (secondary N) is 1. The maximum absolute atomic E-state index is 11.0. The van der Waals surface area contributed by atoms with Crippen LogP contribution in [0.25, 0.3) is 0 Å². The Morgan fingerprint density at radius 3 is 2.50 bits per heavy atom. The number of carbonyl (C=O) groups is 1. The van der Waals surface area contributed by atoms with Crippen molar-refractivity contribution in [2.75, 3.05) is 6.54 Å². The van der Waals surface area contributed by atoms with Gasteiger partial charge in [-0.05, 0) is 118 Å². The van der Waals surface area contributed by atoms with Gasteiger partial charge in [0, 0.05) is 12.5 Å². The summed E-state index contributed by atoms with van der Waals surface area (Å²) in [4.78, 5) is 11.0. The SMILES string of the molecule is CCNC1CCC2(C)C(CCC3C4CCC(CCCC(=O)O)C4(C)CCC32)C1. The Labute approximate surface area is 172 Å². The quantitative estimate of drug-likeness (QED) is 0.596. The van der Waals surface area contributed by atoms with Crippen LogP contribution < -0.4 is 5.32 Å². The minimum absolute atomic E-state index is 0.357. The van der Waals surface area contributed by atoms with Gasteiger partial charge in [0.05, 0.1) is 0 Å². The van der Waals surface area contributed by atoms with Crippen LogP contribution in [-0.4, -0.2) is 23.7 Å². The summed E-state index contributed by atoms with van der Waals surface area (Å²) in [5, 5.41) is 12.8. The number of carboxylic acid groups (broad SMARTS) is 1. The third-order valence-electron chi connectivity index (χ3n) is 10.3. The molecule has 4 saturated carbocycles. The first-order chi connectivity index (χ1) is 13.4. The zero-order valence-corrected chi connectivity index (χ0v) is 18.5. The Bertz CT molecular complexity index is 577. The van der Waals surface area contributed by atoms with Crippen LogP contribution in [0.2, 0.25) is 0 Å². The van der Waals surface area contributed by atoms with Crippen molar-refractivity contribution in [1.82, 2.24) is 5.32 Å². The molecule has 8 atom stereocenters. The molecule has 0 aliphatic heterocycles. The summed E-state index contributed by atoms with van der Waals surface area (Å²) in [6.07, 6.45) is 15.1. The van der Waals surface area contributed by atoms with Crippen LogP contribution in [0.15, 0.2) is 0 Å². The zero-order chi connectivity index (χ0) is 19.9. The maximum Gasteiger partial charge on any atom is 0.303 e. The minimum atomic E-state index is -0.622. The second-order valence-corrected chi connectivity index (χ2v) is 11.3. The fraction of sp³-hybridized carbons (Fsp3) is 0.960. The van der Waals surface area contributed by atoms with Crippen molar-refractivity contribution >= 4 is 5.97 Å². The molecule has 3 nitrogen and oxygen atoms in total. The molecule has 0 bridgehead atoms. The zero-order valence-electron chi connectivity index (χ0n) is 18.5. The van der Waals surface area contributed by atoms with Crippen LogP contribution in [0.3, 0.4) is 0 Å². The van der Waals surface area contributed by atoms with Gasteiger partial charge in [-0.3, -0.25) is 4.79 Å². The molecular formula is C25H43NO2. The highest BCUT2D eigenvalue weighted by molar-refractivity contribution is 5.66. The molecule has 8 unspecified atom stereocenters. The predicted molar refractivity (Wildman–Crippen MR) is 114 cm³/mol. The molecule has 0 saturated heterocycles. The van der Waals surface area contributed by atoms with Gasteiger partial charge in [0.2, 0.25) is 0 Å². The van der Waals surface area contributed by atoms with E-state index in [2.05, 4.69) is 26.1 Å². The number of rotatable bonds is 6. The van der Waals surface area contributed by atoms with Gasteiger partial charge in [0.15, 0.2) is 0 Å². The van der Waals surface area contributed by atoms with Gasteiger partial charge >= 0.3 is 5.97 Å². The van der Waals surface area contributed by atoms with E-state index in [9.17, 15) is 4.79 Å². The monoisotopic (exact) mass is 389 g/mol. The molecule has 160 valence electrons. The van der Waals surface area contributed by atoms with Crippen molar-refractivity contribution < 1.29 is 9.90 Å². The summed E-state index contributed by atoms with van der Waals surface area (Å²) in [5.74, 6) is 3.88. The van der Waals surface area contributed by atoms with Crippen molar-refractivity contribution in [2.24, 2.45) is 40.4 Å². The highest BCUT2D eigenvalue weighted by Gasteiger charge is 2.59. The highest BCUT2D eigenvalue weighted by atomic mass is 16.4. The first kappa shape index (κ1) is 20.7. The van der Waals surface area contributed by atoms with E-state index in [1.165, 1.54) is 57.8 Å². The fourth-order valence-corrected chi connectivity index (χ4v) is 8.81. The summed E-state index contributed by atoms with van der Waals surface area (Å²) in [6.45, 7) is 8.62.